The lowest BCUT2D eigenvalue weighted by Gasteiger charge is -2.31. The molecule has 0 atom stereocenters. The van der Waals surface area contributed by atoms with Gasteiger partial charge in [-0.15, -0.1) is 0 Å². The molecule has 1 aromatic heterocycles. The minimum Gasteiger partial charge on any atom is -0.367 e. The third-order valence-electron chi connectivity index (χ3n) is 4.94. The van der Waals surface area contributed by atoms with Crippen molar-refractivity contribution >= 4 is 22.3 Å². The highest BCUT2D eigenvalue weighted by Crippen LogP contribution is 2.35. The molecule has 1 aromatic carbocycles. The van der Waals surface area contributed by atoms with E-state index in [1.807, 2.05) is 0 Å². The summed E-state index contributed by atoms with van der Waals surface area (Å²) in [4.78, 5) is 9.82. The van der Waals surface area contributed by atoms with Gasteiger partial charge in [-0.05, 0) is 25.3 Å². The molecule has 0 spiro atoms. The van der Waals surface area contributed by atoms with Crippen molar-refractivity contribution in [3.05, 3.63) is 30.0 Å². The number of hydrogen-bond donors (Lipinski definition) is 1. The Kier molecular flexibility index (Phi) is 3.62. The van der Waals surface area contributed by atoms with Gasteiger partial charge in [0.2, 0.25) is 0 Å². The second kappa shape index (κ2) is 5.76. The number of aryl methyl sites for hydroxylation is 1. The molecule has 3 heterocycles. The standard InChI is InChI=1S/C18H24N4/c1-14-5-4-6-15-16(21-11-7-19-8-12-21)13-20-18(17(14)15)22-9-2-3-10-22/h4-6,13,19H,2-3,7-12H2,1H3. The Morgan fingerprint density at radius 2 is 1.77 bits per heavy atom. The lowest BCUT2D eigenvalue weighted by atomic mass is 10.0. The van der Waals surface area contributed by atoms with Crippen molar-refractivity contribution in [3.63, 3.8) is 0 Å². The first-order valence-electron chi connectivity index (χ1n) is 8.43. The largest absolute Gasteiger partial charge is 0.367 e. The molecule has 0 bridgehead atoms. The number of benzene rings is 1. The van der Waals surface area contributed by atoms with E-state index in [9.17, 15) is 0 Å². The van der Waals surface area contributed by atoms with Gasteiger partial charge < -0.3 is 15.1 Å². The first kappa shape index (κ1) is 13.8. The van der Waals surface area contributed by atoms with E-state index in [2.05, 4.69) is 46.4 Å². The molecular formula is C18H24N4. The topological polar surface area (TPSA) is 31.4 Å². The first-order valence-corrected chi connectivity index (χ1v) is 8.43. The van der Waals surface area contributed by atoms with Crippen LogP contribution >= 0.6 is 0 Å². The van der Waals surface area contributed by atoms with Crippen molar-refractivity contribution in [2.45, 2.75) is 19.8 Å². The minimum atomic E-state index is 1.06. The van der Waals surface area contributed by atoms with E-state index in [0.717, 1.165) is 39.3 Å². The van der Waals surface area contributed by atoms with Gasteiger partial charge in [0.1, 0.15) is 5.82 Å². The Balaban J connectivity index is 1.86. The maximum absolute atomic E-state index is 4.89. The maximum Gasteiger partial charge on any atom is 0.136 e. The van der Waals surface area contributed by atoms with Gasteiger partial charge in [-0.1, -0.05) is 18.2 Å². The second-order valence-corrected chi connectivity index (χ2v) is 6.40. The summed E-state index contributed by atoms with van der Waals surface area (Å²) in [6.45, 7) is 8.74. The summed E-state index contributed by atoms with van der Waals surface area (Å²) in [5, 5.41) is 6.14. The SMILES string of the molecule is Cc1cccc2c(N3CCNCC3)cnc(N3CCCC3)c12. The molecule has 0 aliphatic carbocycles. The Morgan fingerprint density at radius 3 is 2.55 bits per heavy atom. The van der Waals surface area contributed by atoms with Crippen LogP contribution in [-0.2, 0) is 0 Å². The van der Waals surface area contributed by atoms with Crippen LogP contribution in [0.2, 0.25) is 0 Å². The normalized spacial score (nSPS) is 19.1. The van der Waals surface area contributed by atoms with Crippen molar-refractivity contribution in [1.29, 1.82) is 0 Å². The molecular weight excluding hydrogens is 272 g/mol. The average Bonchev–Trinajstić information content (AvgIpc) is 3.09. The van der Waals surface area contributed by atoms with Gasteiger partial charge in [0.05, 0.1) is 11.9 Å². The summed E-state index contributed by atoms with van der Waals surface area (Å²) < 4.78 is 0. The van der Waals surface area contributed by atoms with E-state index in [4.69, 9.17) is 4.98 Å². The van der Waals surface area contributed by atoms with E-state index in [1.54, 1.807) is 0 Å². The molecule has 2 fully saturated rings. The molecule has 0 saturated carbocycles. The molecule has 0 amide bonds. The summed E-state index contributed by atoms with van der Waals surface area (Å²) in [7, 11) is 0. The van der Waals surface area contributed by atoms with E-state index in [-0.39, 0.29) is 0 Å². The maximum atomic E-state index is 4.89. The number of nitrogens with one attached hydrogen (secondary N) is 1. The van der Waals surface area contributed by atoms with Crippen LogP contribution in [0.25, 0.3) is 10.8 Å². The first-order chi connectivity index (χ1) is 10.8. The lowest BCUT2D eigenvalue weighted by Crippen LogP contribution is -2.43. The number of nitrogens with zero attached hydrogens (tertiary/aromatic N) is 3. The summed E-state index contributed by atoms with van der Waals surface area (Å²) in [5.41, 5.74) is 2.63. The fourth-order valence-electron chi connectivity index (χ4n) is 3.76. The van der Waals surface area contributed by atoms with E-state index in [1.165, 1.54) is 40.7 Å². The van der Waals surface area contributed by atoms with Crippen molar-refractivity contribution in [3.8, 4) is 0 Å². The van der Waals surface area contributed by atoms with E-state index < -0.39 is 0 Å². The van der Waals surface area contributed by atoms with Crippen molar-refractivity contribution < 1.29 is 0 Å². The van der Waals surface area contributed by atoms with Gasteiger partial charge in [-0.3, -0.25) is 0 Å². The second-order valence-electron chi connectivity index (χ2n) is 6.40. The monoisotopic (exact) mass is 296 g/mol. The quantitative estimate of drug-likeness (QED) is 0.923. The molecule has 4 heteroatoms. The molecule has 2 aliphatic rings. The predicted octanol–water partition coefficient (Wildman–Crippen LogP) is 2.55. The molecule has 22 heavy (non-hydrogen) atoms. The summed E-state index contributed by atoms with van der Waals surface area (Å²) in [6.07, 6.45) is 4.67. The number of rotatable bonds is 2. The molecule has 0 radical (unpaired) electrons. The fourth-order valence-corrected chi connectivity index (χ4v) is 3.76. The van der Waals surface area contributed by atoms with Crippen LogP contribution in [0, 0.1) is 6.92 Å². The predicted molar refractivity (Wildman–Crippen MR) is 93.0 cm³/mol. The molecule has 2 aliphatic heterocycles. The summed E-state index contributed by atoms with van der Waals surface area (Å²) in [5.74, 6) is 1.18. The molecule has 4 rings (SSSR count). The molecule has 2 saturated heterocycles. The summed E-state index contributed by atoms with van der Waals surface area (Å²) in [6, 6.07) is 6.66. The molecule has 2 aromatic rings. The number of anilines is 2. The van der Waals surface area contributed by atoms with Crippen LogP contribution in [0.1, 0.15) is 18.4 Å². The number of hydrogen-bond acceptors (Lipinski definition) is 4. The van der Waals surface area contributed by atoms with Gasteiger partial charge >= 0.3 is 0 Å². The molecule has 116 valence electrons. The lowest BCUT2D eigenvalue weighted by molar-refractivity contribution is 0.590. The van der Waals surface area contributed by atoms with Gasteiger partial charge in [-0.2, -0.15) is 0 Å². The number of piperazine rings is 1. The van der Waals surface area contributed by atoms with Gasteiger partial charge in [-0.25, -0.2) is 4.98 Å². The number of pyridine rings is 1. The van der Waals surface area contributed by atoms with E-state index in [0.29, 0.717) is 0 Å². The number of fused-ring (bicyclic) bond motifs is 1. The smallest absolute Gasteiger partial charge is 0.136 e. The number of aromatic nitrogens is 1. The van der Waals surface area contributed by atoms with Gasteiger partial charge in [0, 0.05) is 50.0 Å². The van der Waals surface area contributed by atoms with Crippen LogP contribution in [0.4, 0.5) is 11.5 Å². The molecule has 4 nitrogen and oxygen atoms in total. The van der Waals surface area contributed by atoms with Gasteiger partial charge in [0.15, 0.2) is 0 Å². The zero-order chi connectivity index (χ0) is 14.9. The van der Waals surface area contributed by atoms with Crippen LogP contribution in [0.5, 0.6) is 0 Å². The molecule has 0 unspecified atom stereocenters. The zero-order valence-corrected chi connectivity index (χ0v) is 13.3. The van der Waals surface area contributed by atoms with Crippen LogP contribution in [0.15, 0.2) is 24.4 Å². The van der Waals surface area contributed by atoms with Crippen LogP contribution in [-0.4, -0.2) is 44.3 Å². The highest BCUT2D eigenvalue weighted by molar-refractivity contribution is 6.02. The zero-order valence-electron chi connectivity index (χ0n) is 13.3. The highest BCUT2D eigenvalue weighted by Gasteiger charge is 2.21. The van der Waals surface area contributed by atoms with Crippen LogP contribution in [0.3, 0.4) is 0 Å². The van der Waals surface area contributed by atoms with Gasteiger partial charge in [0.25, 0.3) is 0 Å². The molecule has 1 N–H and O–H groups in total. The Bertz CT molecular complexity index is 670. The van der Waals surface area contributed by atoms with Crippen molar-refractivity contribution in [1.82, 2.24) is 10.3 Å². The summed E-state index contributed by atoms with van der Waals surface area (Å²) >= 11 is 0. The third kappa shape index (κ3) is 2.31. The Labute approximate surface area is 132 Å². The fraction of sp³-hybridized carbons (Fsp3) is 0.500. The van der Waals surface area contributed by atoms with Crippen LogP contribution < -0.4 is 15.1 Å². The highest BCUT2D eigenvalue weighted by atomic mass is 15.2. The van der Waals surface area contributed by atoms with Crippen molar-refractivity contribution in [2.24, 2.45) is 0 Å². The Hall–Kier alpha value is -1.81. The minimum absolute atomic E-state index is 1.06. The average molecular weight is 296 g/mol. The van der Waals surface area contributed by atoms with Crippen molar-refractivity contribution in [2.75, 3.05) is 49.1 Å². The van der Waals surface area contributed by atoms with E-state index >= 15 is 0 Å². The Morgan fingerprint density at radius 1 is 1.00 bits per heavy atom. The third-order valence-corrected chi connectivity index (χ3v) is 4.94.